The van der Waals surface area contributed by atoms with Crippen LogP contribution in [0, 0.1) is 6.92 Å². The van der Waals surface area contributed by atoms with E-state index in [4.69, 9.17) is 9.63 Å². The number of rotatable bonds is 6. The molecule has 0 spiro atoms. The van der Waals surface area contributed by atoms with Crippen molar-refractivity contribution in [3.8, 4) is 0 Å². The monoisotopic (exact) mass is 244 g/mol. The van der Waals surface area contributed by atoms with Crippen molar-refractivity contribution in [2.24, 2.45) is 0 Å². The summed E-state index contributed by atoms with van der Waals surface area (Å²) < 4.78 is 4.77. The third-order valence-corrected chi connectivity index (χ3v) is 2.55. The molecule has 1 aromatic heterocycles. The summed E-state index contributed by atoms with van der Waals surface area (Å²) in [7, 11) is 0. The van der Waals surface area contributed by atoms with Crippen LogP contribution in [0.25, 0.3) is 0 Å². The normalized spacial score (nSPS) is 10.1. The molecule has 0 atom stereocenters. The first-order valence-corrected chi connectivity index (χ1v) is 5.76. The van der Waals surface area contributed by atoms with Crippen molar-refractivity contribution in [2.45, 2.75) is 13.3 Å². The molecule has 0 aliphatic carbocycles. The number of anilines is 1. The Bertz CT molecular complexity index is 377. The summed E-state index contributed by atoms with van der Waals surface area (Å²) in [6.07, 6.45) is 0.0566. The molecule has 1 amide bonds. The summed E-state index contributed by atoms with van der Waals surface area (Å²) in [6, 6.07) is 1.61. The predicted octanol–water partition coefficient (Wildman–Crippen LogP) is 1.13. The van der Waals surface area contributed by atoms with Crippen molar-refractivity contribution in [3.63, 3.8) is 0 Å². The van der Waals surface area contributed by atoms with Gasteiger partial charge in [0.25, 0.3) is 0 Å². The highest BCUT2D eigenvalue weighted by atomic mass is 32.2. The number of carboxylic acid groups (broad SMARTS) is 1. The van der Waals surface area contributed by atoms with Crippen LogP contribution in [0.4, 0.5) is 5.82 Å². The van der Waals surface area contributed by atoms with E-state index >= 15 is 0 Å². The van der Waals surface area contributed by atoms with Crippen LogP contribution in [0.5, 0.6) is 0 Å². The molecule has 2 N–H and O–H groups in total. The molecule has 0 radical (unpaired) electrons. The molecule has 1 rings (SSSR count). The largest absolute Gasteiger partial charge is 0.481 e. The summed E-state index contributed by atoms with van der Waals surface area (Å²) in [5.74, 6) is 0.540. The van der Waals surface area contributed by atoms with Gasteiger partial charge in [-0.25, -0.2) is 0 Å². The molecule has 0 unspecified atom stereocenters. The van der Waals surface area contributed by atoms with Gasteiger partial charge in [0.05, 0.1) is 12.2 Å². The number of nitrogens with one attached hydrogen (secondary N) is 1. The number of nitrogens with zero attached hydrogens (tertiary/aromatic N) is 1. The van der Waals surface area contributed by atoms with Gasteiger partial charge in [-0.15, -0.1) is 0 Å². The van der Waals surface area contributed by atoms with Crippen molar-refractivity contribution in [2.75, 3.05) is 16.8 Å². The number of hydrogen-bond acceptors (Lipinski definition) is 5. The zero-order valence-corrected chi connectivity index (χ0v) is 9.54. The van der Waals surface area contributed by atoms with E-state index in [2.05, 4.69) is 10.5 Å². The van der Waals surface area contributed by atoms with Crippen molar-refractivity contribution in [1.82, 2.24) is 5.16 Å². The van der Waals surface area contributed by atoms with Gasteiger partial charge >= 0.3 is 5.97 Å². The van der Waals surface area contributed by atoms with Crippen LogP contribution in [0.3, 0.4) is 0 Å². The standard InChI is InChI=1S/C9H12N2O4S/c1-6-4-7(11-15-6)10-8(12)5-16-3-2-9(13)14/h4H,2-3,5H2,1H3,(H,13,14)(H,10,11,12). The Hall–Kier alpha value is -1.50. The van der Waals surface area contributed by atoms with Gasteiger partial charge in [0.15, 0.2) is 5.82 Å². The quantitative estimate of drug-likeness (QED) is 0.729. The summed E-state index contributed by atoms with van der Waals surface area (Å²) >= 11 is 1.26. The smallest absolute Gasteiger partial charge is 0.304 e. The number of aliphatic carboxylic acids is 1. The van der Waals surface area contributed by atoms with Gasteiger partial charge in [-0.3, -0.25) is 9.59 Å². The Balaban J connectivity index is 2.18. The van der Waals surface area contributed by atoms with Crippen LogP contribution in [0.1, 0.15) is 12.2 Å². The van der Waals surface area contributed by atoms with Crippen LogP contribution in [-0.4, -0.2) is 33.6 Å². The average molecular weight is 244 g/mol. The minimum absolute atomic E-state index is 0.0566. The van der Waals surface area contributed by atoms with Gasteiger partial charge in [0, 0.05) is 11.8 Å². The number of aryl methyl sites for hydroxylation is 1. The minimum atomic E-state index is -0.861. The molecular formula is C9H12N2O4S. The van der Waals surface area contributed by atoms with Crippen LogP contribution in [0.15, 0.2) is 10.6 Å². The van der Waals surface area contributed by atoms with E-state index in [9.17, 15) is 9.59 Å². The average Bonchev–Trinajstić information content (AvgIpc) is 2.58. The number of carboxylic acids is 1. The first-order chi connectivity index (χ1) is 7.58. The number of amides is 1. The van der Waals surface area contributed by atoms with Crippen molar-refractivity contribution in [1.29, 1.82) is 0 Å². The SMILES string of the molecule is Cc1cc(NC(=O)CSCCC(=O)O)no1. The lowest BCUT2D eigenvalue weighted by Crippen LogP contribution is -2.14. The Kier molecular flexibility index (Phi) is 4.84. The molecular weight excluding hydrogens is 232 g/mol. The first-order valence-electron chi connectivity index (χ1n) is 4.60. The second-order valence-corrected chi connectivity index (χ2v) is 4.17. The lowest BCUT2D eigenvalue weighted by atomic mass is 10.5. The second-order valence-electron chi connectivity index (χ2n) is 3.07. The maximum Gasteiger partial charge on any atom is 0.304 e. The lowest BCUT2D eigenvalue weighted by molar-refractivity contribution is -0.136. The van der Waals surface area contributed by atoms with Crippen LogP contribution < -0.4 is 5.32 Å². The van der Waals surface area contributed by atoms with E-state index < -0.39 is 5.97 Å². The Morgan fingerprint density at radius 2 is 2.38 bits per heavy atom. The number of thioether (sulfide) groups is 1. The van der Waals surface area contributed by atoms with Crippen LogP contribution in [0.2, 0.25) is 0 Å². The van der Waals surface area contributed by atoms with E-state index in [1.54, 1.807) is 13.0 Å². The summed E-state index contributed by atoms with van der Waals surface area (Å²) in [5, 5.41) is 14.5. The maximum atomic E-state index is 11.3. The fraction of sp³-hybridized carbons (Fsp3) is 0.444. The van der Waals surface area contributed by atoms with Gasteiger partial charge in [0.2, 0.25) is 5.91 Å². The number of carbonyl (C=O) groups is 2. The van der Waals surface area contributed by atoms with Gasteiger partial charge in [-0.05, 0) is 6.92 Å². The van der Waals surface area contributed by atoms with Gasteiger partial charge < -0.3 is 14.9 Å². The molecule has 88 valence electrons. The summed E-state index contributed by atoms with van der Waals surface area (Å²) in [6.45, 7) is 1.73. The fourth-order valence-electron chi connectivity index (χ4n) is 0.929. The Labute approximate surface area is 96.4 Å². The molecule has 0 aromatic carbocycles. The lowest BCUT2D eigenvalue weighted by Gasteiger charge is -1.99. The molecule has 1 heterocycles. The van der Waals surface area contributed by atoms with Gasteiger partial charge in [-0.1, -0.05) is 5.16 Å². The van der Waals surface area contributed by atoms with Crippen LogP contribution >= 0.6 is 11.8 Å². The van der Waals surface area contributed by atoms with Crippen molar-refractivity contribution >= 4 is 29.5 Å². The van der Waals surface area contributed by atoms with E-state index in [0.29, 0.717) is 17.3 Å². The summed E-state index contributed by atoms with van der Waals surface area (Å²) in [5.41, 5.74) is 0. The van der Waals surface area contributed by atoms with E-state index in [1.165, 1.54) is 11.8 Å². The predicted molar refractivity (Wildman–Crippen MR) is 59.4 cm³/mol. The van der Waals surface area contributed by atoms with Crippen molar-refractivity contribution < 1.29 is 19.2 Å². The van der Waals surface area contributed by atoms with Gasteiger partial charge in [-0.2, -0.15) is 11.8 Å². The van der Waals surface area contributed by atoms with E-state index in [1.807, 2.05) is 0 Å². The maximum absolute atomic E-state index is 11.3. The zero-order valence-electron chi connectivity index (χ0n) is 8.73. The number of aromatic nitrogens is 1. The third-order valence-electron chi connectivity index (χ3n) is 1.59. The molecule has 0 aliphatic heterocycles. The minimum Gasteiger partial charge on any atom is -0.481 e. The Morgan fingerprint density at radius 1 is 1.62 bits per heavy atom. The van der Waals surface area contributed by atoms with E-state index in [0.717, 1.165) is 0 Å². The molecule has 1 aromatic rings. The second kappa shape index (κ2) is 6.16. The fourth-order valence-corrected chi connectivity index (χ4v) is 1.65. The molecule has 0 saturated carbocycles. The highest BCUT2D eigenvalue weighted by Crippen LogP contribution is 2.08. The first kappa shape index (κ1) is 12.6. The molecule has 0 saturated heterocycles. The highest BCUT2D eigenvalue weighted by Gasteiger charge is 2.06. The zero-order chi connectivity index (χ0) is 12.0. The third kappa shape index (κ3) is 4.83. The molecule has 7 heteroatoms. The molecule has 6 nitrogen and oxygen atoms in total. The summed E-state index contributed by atoms with van der Waals surface area (Å²) in [4.78, 5) is 21.5. The number of hydrogen-bond donors (Lipinski definition) is 2. The molecule has 0 bridgehead atoms. The molecule has 0 aliphatic rings. The molecule has 16 heavy (non-hydrogen) atoms. The number of carbonyl (C=O) groups excluding carboxylic acids is 1. The van der Waals surface area contributed by atoms with Crippen molar-refractivity contribution in [3.05, 3.63) is 11.8 Å². The van der Waals surface area contributed by atoms with Crippen LogP contribution in [-0.2, 0) is 9.59 Å². The Morgan fingerprint density at radius 3 is 2.94 bits per heavy atom. The highest BCUT2D eigenvalue weighted by molar-refractivity contribution is 7.99. The molecule has 0 fully saturated rings. The van der Waals surface area contributed by atoms with Gasteiger partial charge in [0.1, 0.15) is 5.76 Å². The topological polar surface area (TPSA) is 92.4 Å². The van der Waals surface area contributed by atoms with E-state index in [-0.39, 0.29) is 18.1 Å².